The van der Waals surface area contributed by atoms with Gasteiger partial charge in [-0.05, 0) is 0 Å². The summed E-state index contributed by atoms with van der Waals surface area (Å²) in [5, 5.41) is 7.73. The topological polar surface area (TPSA) is 55.7 Å². The van der Waals surface area contributed by atoms with Gasteiger partial charge >= 0.3 is 12.4 Å². The van der Waals surface area contributed by atoms with E-state index in [0.29, 0.717) is 16.8 Å². The van der Waals surface area contributed by atoms with Gasteiger partial charge in [0.15, 0.2) is 11.9 Å². The van der Waals surface area contributed by atoms with Gasteiger partial charge in [0, 0.05) is 12.1 Å². The standard InChI is InChI=1S/C9H5ClF6N4O/c10-6-2-5(9(14,15)16)20(19-6)3-21-7-1-4(17-18-7)8(11,12)13/h1-2H,3H2,(H,17,18). The van der Waals surface area contributed by atoms with Crippen LogP contribution in [0.4, 0.5) is 26.3 Å². The van der Waals surface area contributed by atoms with E-state index in [4.69, 9.17) is 16.3 Å². The van der Waals surface area contributed by atoms with Gasteiger partial charge in [0.1, 0.15) is 11.4 Å². The van der Waals surface area contributed by atoms with E-state index in [1.807, 2.05) is 0 Å². The average Bonchev–Trinajstić information content (AvgIpc) is 2.90. The first-order valence-corrected chi connectivity index (χ1v) is 5.51. The molecular weight excluding hydrogens is 330 g/mol. The molecule has 0 atom stereocenters. The summed E-state index contributed by atoms with van der Waals surface area (Å²) in [7, 11) is 0. The molecule has 1 N–H and O–H groups in total. The van der Waals surface area contributed by atoms with Gasteiger partial charge in [-0.3, -0.25) is 5.10 Å². The Morgan fingerprint density at radius 1 is 1.14 bits per heavy atom. The molecule has 0 unspecified atom stereocenters. The molecule has 0 radical (unpaired) electrons. The highest BCUT2D eigenvalue weighted by molar-refractivity contribution is 6.29. The van der Waals surface area contributed by atoms with E-state index < -0.39 is 41.5 Å². The van der Waals surface area contributed by atoms with Crippen molar-refractivity contribution in [3.05, 3.63) is 28.7 Å². The van der Waals surface area contributed by atoms with E-state index in [0.717, 1.165) is 0 Å². The third kappa shape index (κ3) is 3.60. The summed E-state index contributed by atoms with van der Waals surface area (Å²) in [4.78, 5) is 0. The lowest BCUT2D eigenvalue weighted by molar-refractivity contribution is -0.145. The van der Waals surface area contributed by atoms with Crippen LogP contribution in [0.5, 0.6) is 5.88 Å². The maximum atomic E-state index is 12.6. The Morgan fingerprint density at radius 2 is 1.81 bits per heavy atom. The minimum atomic E-state index is -4.73. The second kappa shape index (κ2) is 5.13. The van der Waals surface area contributed by atoms with Crippen molar-refractivity contribution in [2.45, 2.75) is 19.1 Å². The highest BCUT2D eigenvalue weighted by Crippen LogP contribution is 2.32. The molecule has 116 valence electrons. The largest absolute Gasteiger partial charge is 0.453 e. The molecule has 21 heavy (non-hydrogen) atoms. The van der Waals surface area contributed by atoms with Crippen LogP contribution in [0.15, 0.2) is 12.1 Å². The van der Waals surface area contributed by atoms with Gasteiger partial charge in [-0.25, -0.2) is 4.68 Å². The zero-order chi connectivity index (χ0) is 15.8. The van der Waals surface area contributed by atoms with Crippen LogP contribution in [-0.2, 0) is 19.1 Å². The minimum Gasteiger partial charge on any atom is -0.453 e. The molecule has 12 heteroatoms. The minimum absolute atomic E-state index is 0.365. The van der Waals surface area contributed by atoms with Crippen molar-refractivity contribution >= 4 is 11.6 Å². The third-order valence-electron chi connectivity index (χ3n) is 2.24. The predicted molar refractivity (Wildman–Crippen MR) is 56.5 cm³/mol. The number of halogens is 7. The van der Waals surface area contributed by atoms with Crippen molar-refractivity contribution in [3.63, 3.8) is 0 Å². The van der Waals surface area contributed by atoms with Crippen LogP contribution in [0.25, 0.3) is 0 Å². The SMILES string of the molecule is FC(F)(F)c1cc(OCn2nc(Cl)cc2C(F)(F)F)n[nH]1. The average molecular weight is 335 g/mol. The van der Waals surface area contributed by atoms with Gasteiger partial charge in [0.05, 0.1) is 0 Å². The number of aromatic amines is 1. The Morgan fingerprint density at radius 3 is 2.33 bits per heavy atom. The van der Waals surface area contributed by atoms with Crippen molar-refractivity contribution in [1.82, 2.24) is 20.0 Å². The predicted octanol–water partition coefficient (Wildman–Crippen LogP) is 3.33. The molecule has 0 bridgehead atoms. The molecule has 0 aliphatic rings. The smallest absolute Gasteiger partial charge is 0.433 e. The molecule has 2 aromatic heterocycles. The van der Waals surface area contributed by atoms with Crippen LogP contribution in [-0.4, -0.2) is 20.0 Å². The van der Waals surface area contributed by atoms with E-state index in [2.05, 4.69) is 10.2 Å². The summed E-state index contributed by atoms with van der Waals surface area (Å²) in [5.41, 5.74) is -2.38. The zero-order valence-electron chi connectivity index (χ0n) is 9.76. The summed E-state index contributed by atoms with van der Waals surface area (Å²) in [6.07, 6.45) is -9.40. The number of nitrogens with zero attached hydrogens (tertiary/aromatic N) is 3. The summed E-state index contributed by atoms with van der Waals surface area (Å²) in [6, 6.07) is 1.08. The zero-order valence-corrected chi connectivity index (χ0v) is 10.5. The maximum absolute atomic E-state index is 12.6. The van der Waals surface area contributed by atoms with Crippen molar-refractivity contribution in [2.75, 3.05) is 0 Å². The highest BCUT2D eigenvalue weighted by atomic mass is 35.5. The number of aromatic nitrogens is 4. The van der Waals surface area contributed by atoms with Crippen molar-refractivity contribution in [1.29, 1.82) is 0 Å². The molecule has 0 aliphatic carbocycles. The molecule has 0 saturated heterocycles. The number of alkyl halides is 6. The van der Waals surface area contributed by atoms with E-state index in [9.17, 15) is 26.3 Å². The molecule has 5 nitrogen and oxygen atoms in total. The first kappa shape index (κ1) is 15.5. The van der Waals surface area contributed by atoms with Gasteiger partial charge in [-0.2, -0.15) is 31.4 Å². The first-order chi connectivity index (χ1) is 9.57. The normalized spacial score (nSPS) is 12.7. The molecule has 0 spiro atoms. The number of ether oxygens (including phenoxy) is 1. The van der Waals surface area contributed by atoms with Gasteiger partial charge in [-0.15, -0.1) is 5.10 Å². The number of hydrogen-bond acceptors (Lipinski definition) is 3. The van der Waals surface area contributed by atoms with Crippen molar-refractivity contribution < 1.29 is 31.1 Å². The maximum Gasteiger partial charge on any atom is 0.433 e. The summed E-state index contributed by atoms with van der Waals surface area (Å²) in [6.45, 7) is -0.802. The number of nitrogens with one attached hydrogen (secondary N) is 1. The van der Waals surface area contributed by atoms with Crippen LogP contribution in [0.3, 0.4) is 0 Å². The van der Waals surface area contributed by atoms with Crippen molar-refractivity contribution in [3.8, 4) is 5.88 Å². The Kier molecular flexibility index (Phi) is 3.78. The molecular formula is C9H5ClF6N4O. The van der Waals surface area contributed by atoms with E-state index in [-0.39, 0.29) is 0 Å². The second-order valence-corrected chi connectivity index (χ2v) is 4.13. The van der Waals surface area contributed by atoms with Crippen LogP contribution < -0.4 is 4.74 Å². The van der Waals surface area contributed by atoms with E-state index in [1.165, 1.54) is 0 Å². The number of H-pyrrole nitrogens is 1. The second-order valence-electron chi connectivity index (χ2n) is 3.74. The van der Waals surface area contributed by atoms with Crippen LogP contribution in [0.1, 0.15) is 11.4 Å². The van der Waals surface area contributed by atoms with Crippen LogP contribution in [0.2, 0.25) is 5.15 Å². The lowest BCUT2D eigenvalue weighted by Gasteiger charge is -2.09. The van der Waals surface area contributed by atoms with Gasteiger partial charge in [-0.1, -0.05) is 11.6 Å². The molecule has 0 aromatic carbocycles. The third-order valence-corrected chi connectivity index (χ3v) is 2.42. The summed E-state index contributed by atoms with van der Waals surface area (Å²) >= 11 is 5.36. The molecule has 2 heterocycles. The Hall–Kier alpha value is -1.91. The fourth-order valence-electron chi connectivity index (χ4n) is 1.36. The molecule has 0 fully saturated rings. The van der Waals surface area contributed by atoms with Gasteiger partial charge < -0.3 is 4.74 Å². The fourth-order valence-corrected chi connectivity index (χ4v) is 1.56. The van der Waals surface area contributed by atoms with E-state index >= 15 is 0 Å². The number of rotatable bonds is 3. The molecule has 0 aliphatic heterocycles. The van der Waals surface area contributed by atoms with Gasteiger partial charge in [0.25, 0.3) is 0 Å². The Balaban J connectivity index is 2.12. The summed E-state index contributed by atoms with van der Waals surface area (Å²) in [5.74, 6) is -0.526. The Labute approximate surface area is 117 Å². The number of hydrogen-bond donors (Lipinski definition) is 1. The molecule has 0 amide bonds. The lowest BCUT2D eigenvalue weighted by Crippen LogP contribution is -2.17. The highest BCUT2D eigenvalue weighted by Gasteiger charge is 2.36. The van der Waals surface area contributed by atoms with Gasteiger partial charge in [0.2, 0.25) is 5.88 Å². The lowest BCUT2D eigenvalue weighted by atomic mass is 10.4. The monoisotopic (exact) mass is 334 g/mol. The first-order valence-electron chi connectivity index (χ1n) is 5.13. The van der Waals surface area contributed by atoms with E-state index in [1.54, 1.807) is 5.10 Å². The van der Waals surface area contributed by atoms with Crippen LogP contribution >= 0.6 is 11.6 Å². The van der Waals surface area contributed by atoms with Crippen LogP contribution in [0, 0.1) is 0 Å². The molecule has 0 saturated carbocycles. The Bertz CT molecular complexity index is 631. The summed E-state index contributed by atoms with van der Waals surface area (Å²) < 4.78 is 79.7. The van der Waals surface area contributed by atoms with Crippen molar-refractivity contribution in [2.24, 2.45) is 0 Å². The molecule has 2 aromatic rings. The fraction of sp³-hybridized carbons (Fsp3) is 0.333. The quantitative estimate of drug-likeness (QED) is 0.876. The molecule has 2 rings (SSSR count).